The first-order valence-corrected chi connectivity index (χ1v) is 10.4. The molecule has 0 radical (unpaired) electrons. The molecule has 1 saturated heterocycles. The van der Waals surface area contributed by atoms with Crippen LogP contribution in [-0.2, 0) is 24.6 Å². The summed E-state index contributed by atoms with van der Waals surface area (Å²) in [5, 5.41) is 11.7. The molecule has 158 valence electrons. The minimum absolute atomic E-state index is 0.0909. The topological polar surface area (TPSA) is 63.1 Å². The Balaban J connectivity index is 1.55. The van der Waals surface area contributed by atoms with Crippen LogP contribution < -0.4 is 5.32 Å². The van der Waals surface area contributed by atoms with Gasteiger partial charge in [0.25, 0.3) is 0 Å². The van der Waals surface area contributed by atoms with Crippen molar-refractivity contribution in [1.29, 1.82) is 0 Å². The normalized spacial score (nSPS) is 17.4. The lowest BCUT2D eigenvalue weighted by molar-refractivity contribution is -0.137. The van der Waals surface area contributed by atoms with Crippen molar-refractivity contribution < 1.29 is 18.0 Å². The van der Waals surface area contributed by atoms with Gasteiger partial charge in [-0.15, -0.1) is 10.2 Å². The zero-order valence-electron chi connectivity index (χ0n) is 16.4. The SMILES string of the molecule is CC1CCCN(C(=O)CSc2nnc(CNc3cccc(C(F)(F)F)c3)n2C)C1. The highest BCUT2D eigenvalue weighted by atomic mass is 32.2. The van der Waals surface area contributed by atoms with E-state index in [0.717, 1.165) is 38.1 Å². The van der Waals surface area contributed by atoms with Crippen LogP contribution in [0.15, 0.2) is 29.4 Å². The number of alkyl halides is 3. The van der Waals surface area contributed by atoms with E-state index in [1.165, 1.54) is 17.8 Å². The quantitative estimate of drug-likeness (QED) is 0.711. The second-order valence-corrected chi connectivity index (χ2v) is 8.21. The van der Waals surface area contributed by atoms with Crippen molar-refractivity contribution in [3.8, 4) is 0 Å². The van der Waals surface area contributed by atoms with Crippen molar-refractivity contribution in [2.45, 2.75) is 37.6 Å². The highest BCUT2D eigenvalue weighted by Gasteiger charge is 2.30. The lowest BCUT2D eigenvalue weighted by atomic mass is 10.0. The molecule has 2 heterocycles. The Hall–Kier alpha value is -2.23. The van der Waals surface area contributed by atoms with Crippen molar-refractivity contribution in [3.63, 3.8) is 0 Å². The molecule has 1 unspecified atom stereocenters. The monoisotopic (exact) mass is 427 g/mol. The highest BCUT2D eigenvalue weighted by molar-refractivity contribution is 7.99. The summed E-state index contributed by atoms with van der Waals surface area (Å²) in [5.74, 6) is 1.48. The third-order valence-corrected chi connectivity index (χ3v) is 5.91. The molecule has 6 nitrogen and oxygen atoms in total. The number of hydrogen-bond acceptors (Lipinski definition) is 5. The maximum Gasteiger partial charge on any atom is 0.416 e. The zero-order valence-corrected chi connectivity index (χ0v) is 17.2. The summed E-state index contributed by atoms with van der Waals surface area (Å²) in [4.78, 5) is 14.3. The molecule has 1 amide bonds. The van der Waals surface area contributed by atoms with Crippen LogP contribution in [0.2, 0.25) is 0 Å². The predicted octanol–water partition coefficient (Wildman–Crippen LogP) is 3.80. The molecule has 0 bridgehead atoms. The average Bonchev–Trinajstić information content (AvgIpc) is 3.03. The minimum Gasteiger partial charge on any atom is -0.378 e. The van der Waals surface area contributed by atoms with Gasteiger partial charge in [-0.25, -0.2) is 0 Å². The van der Waals surface area contributed by atoms with Crippen LogP contribution in [0, 0.1) is 5.92 Å². The predicted molar refractivity (Wildman–Crippen MR) is 105 cm³/mol. The Labute approximate surface area is 171 Å². The number of piperidine rings is 1. The summed E-state index contributed by atoms with van der Waals surface area (Å²) in [7, 11) is 1.78. The molecule has 1 aromatic carbocycles. The van der Waals surface area contributed by atoms with Gasteiger partial charge in [0, 0.05) is 25.8 Å². The van der Waals surface area contributed by atoms with E-state index in [1.807, 2.05) is 4.90 Å². The first kappa shape index (κ1) is 21.5. The Morgan fingerprint density at radius 1 is 1.34 bits per heavy atom. The molecule has 29 heavy (non-hydrogen) atoms. The first-order valence-electron chi connectivity index (χ1n) is 9.44. The second kappa shape index (κ2) is 9.06. The molecule has 1 N–H and O–H groups in total. The van der Waals surface area contributed by atoms with Gasteiger partial charge in [0.15, 0.2) is 11.0 Å². The molecule has 1 atom stereocenters. The van der Waals surface area contributed by atoms with Gasteiger partial charge < -0.3 is 14.8 Å². The van der Waals surface area contributed by atoms with Crippen LogP contribution in [0.3, 0.4) is 0 Å². The van der Waals surface area contributed by atoms with Crippen LogP contribution in [0.4, 0.5) is 18.9 Å². The molecule has 2 aromatic rings. The summed E-state index contributed by atoms with van der Waals surface area (Å²) in [6.07, 6.45) is -2.19. The number of anilines is 1. The molecule has 1 aliphatic rings. The van der Waals surface area contributed by atoms with E-state index in [9.17, 15) is 18.0 Å². The van der Waals surface area contributed by atoms with Gasteiger partial charge in [-0.1, -0.05) is 24.8 Å². The van der Waals surface area contributed by atoms with E-state index >= 15 is 0 Å². The van der Waals surface area contributed by atoms with E-state index in [1.54, 1.807) is 17.7 Å². The van der Waals surface area contributed by atoms with Crippen LogP contribution in [0.5, 0.6) is 0 Å². The average molecular weight is 427 g/mol. The number of likely N-dealkylation sites (tertiary alicyclic amines) is 1. The lowest BCUT2D eigenvalue weighted by Gasteiger charge is -2.30. The smallest absolute Gasteiger partial charge is 0.378 e. The maximum absolute atomic E-state index is 12.8. The maximum atomic E-state index is 12.8. The van der Waals surface area contributed by atoms with Crippen LogP contribution in [-0.4, -0.2) is 44.4 Å². The first-order chi connectivity index (χ1) is 13.7. The van der Waals surface area contributed by atoms with Gasteiger partial charge in [0.2, 0.25) is 5.91 Å². The Bertz CT molecular complexity index is 855. The van der Waals surface area contributed by atoms with Crippen LogP contribution >= 0.6 is 11.8 Å². The van der Waals surface area contributed by atoms with Gasteiger partial charge in [-0.3, -0.25) is 4.79 Å². The van der Waals surface area contributed by atoms with E-state index in [4.69, 9.17) is 0 Å². The number of hydrogen-bond donors (Lipinski definition) is 1. The number of benzene rings is 1. The van der Waals surface area contributed by atoms with Crippen LogP contribution in [0.1, 0.15) is 31.2 Å². The molecule has 0 saturated carbocycles. The van der Waals surface area contributed by atoms with E-state index in [-0.39, 0.29) is 12.5 Å². The van der Waals surface area contributed by atoms with Crippen molar-refractivity contribution >= 4 is 23.4 Å². The molecule has 10 heteroatoms. The van der Waals surface area contributed by atoms with Gasteiger partial charge >= 0.3 is 6.18 Å². The van der Waals surface area contributed by atoms with E-state index in [0.29, 0.717) is 28.3 Å². The fourth-order valence-corrected chi connectivity index (χ4v) is 4.08. The Morgan fingerprint density at radius 3 is 2.86 bits per heavy atom. The highest BCUT2D eigenvalue weighted by Crippen LogP contribution is 2.30. The molecular formula is C19H24F3N5OS. The molecule has 1 aromatic heterocycles. The Kier molecular flexibility index (Phi) is 6.71. The molecule has 1 aliphatic heterocycles. The second-order valence-electron chi connectivity index (χ2n) is 7.27. The molecule has 0 spiro atoms. The third-order valence-electron chi connectivity index (χ3n) is 4.90. The lowest BCUT2D eigenvalue weighted by Crippen LogP contribution is -2.40. The molecular weight excluding hydrogens is 403 g/mol. The number of carbonyl (C=O) groups is 1. The number of carbonyl (C=O) groups excluding carboxylic acids is 1. The van der Waals surface area contributed by atoms with Crippen LogP contribution in [0.25, 0.3) is 0 Å². The van der Waals surface area contributed by atoms with E-state index < -0.39 is 11.7 Å². The summed E-state index contributed by atoms with van der Waals surface area (Å²) >= 11 is 1.32. The van der Waals surface area contributed by atoms with Gasteiger partial charge in [0.1, 0.15) is 0 Å². The zero-order chi connectivity index (χ0) is 21.0. The summed E-state index contributed by atoms with van der Waals surface area (Å²) in [5.41, 5.74) is -0.353. The standard InChI is InChI=1S/C19H24F3N5OS/c1-13-5-4-8-27(11-13)17(28)12-29-18-25-24-16(26(18)2)10-23-15-7-3-6-14(9-15)19(20,21)22/h3,6-7,9,13,23H,4-5,8,10-12H2,1-2H3. The van der Waals surface area contributed by atoms with Crippen molar-refractivity contribution in [3.05, 3.63) is 35.7 Å². The summed E-state index contributed by atoms with van der Waals surface area (Å²) < 4.78 is 40.2. The van der Waals surface area contributed by atoms with Gasteiger partial charge in [0.05, 0.1) is 17.9 Å². The fraction of sp³-hybridized carbons (Fsp3) is 0.526. The Morgan fingerprint density at radius 2 is 2.14 bits per heavy atom. The van der Waals surface area contributed by atoms with Crippen molar-refractivity contribution in [2.24, 2.45) is 13.0 Å². The molecule has 0 aliphatic carbocycles. The molecule has 3 rings (SSSR count). The number of aromatic nitrogens is 3. The summed E-state index contributed by atoms with van der Waals surface area (Å²) in [6, 6.07) is 5.02. The van der Waals surface area contributed by atoms with Crippen molar-refractivity contribution in [1.82, 2.24) is 19.7 Å². The minimum atomic E-state index is -4.38. The number of rotatable bonds is 6. The van der Waals surface area contributed by atoms with Gasteiger partial charge in [-0.2, -0.15) is 13.2 Å². The fourth-order valence-electron chi connectivity index (χ4n) is 3.24. The number of amides is 1. The number of nitrogens with zero attached hydrogens (tertiary/aromatic N) is 4. The van der Waals surface area contributed by atoms with Gasteiger partial charge in [-0.05, 0) is 37.0 Å². The summed E-state index contributed by atoms with van der Waals surface area (Å²) in [6.45, 7) is 3.97. The van der Waals surface area contributed by atoms with E-state index in [2.05, 4.69) is 22.4 Å². The largest absolute Gasteiger partial charge is 0.416 e. The number of nitrogens with one attached hydrogen (secondary N) is 1. The molecule has 1 fully saturated rings. The van der Waals surface area contributed by atoms with Crippen molar-refractivity contribution in [2.75, 3.05) is 24.2 Å². The number of thioether (sulfide) groups is 1. The third kappa shape index (κ3) is 5.65. The number of halogens is 3.